The van der Waals surface area contributed by atoms with Crippen LogP contribution in [-0.2, 0) is 10.2 Å². The van der Waals surface area contributed by atoms with Crippen molar-refractivity contribution in [3.63, 3.8) is 0 Å². The summed E-state index contributed by atoms with van der Waals surface area (Å²) in [5.41, 5.74) is 1.89. The first-order chi connectivity index (χ1) is 21.1. The zero-order valence-electron chi connectivity index (χ0n) is 22.6. The van der Waals surface area contributed by atoms with Gasteiger partial charge in [0, 0.05) is 64.8 Å². The Morgan fingerprint density at radius 1 is 1.16 bits per heavy atom. The van der Waals surface area contributed by atoms with E-state index in [1.54, 1.807) is 34.7 Å². The van der Waals surface area contributed by atoms with Crippen molar-refractivity contribution in [2.75, 3.05) is 13.2 Å². The van der Waals surface area contributed by atoms with E-state index in [0.29, 0.717) is 38.1 Å². The van der Waals surface area contributed by atoms with E-state index in [2.05, 4.69) is 24.5 Å². The highest BCUT2D eigenvalue weighted by Gasteiger charge is 2.42. The zero-order valence-corrected chi connectivity index (χ0v) is 24.9. The molecule has 6 rings (SSSR count). The normalized spacial score (nSPS) is 19.4. The fraction of sp³-hybridized carbons (Fsp3) is 0.259. The molecule has 1 aromatic carbocycles. The van der Waals surface area contributed by atoms with Crippen LogP contribution in [0.2, 0.25) is 5.02 Å². The van der Waals surface area contributed by atoms with Gasteiger partial charge in [-0.25, -0.2) is 14.1 Å². The maximum Gasteiger partial charge on any atom is 0.333 e. The standard InChI is InChI=1S/C27H24ClF3N8O3S2/c28-18-11-15(29)4-5-17(18)24-23(20-6-9-39(35-20)27(30)31)22-12-16(13-38(22)25(34-24)26-33-8-10-43-26)36-44(41,42)37-21(14-40)19-3-1-2-7-32-19/h1-11,16,21,24,27,36-37,40H,12-14H2/t16-,21?,24-/m0/s1. The van der Waals surface area contributed by atoms with Gasteiger partial charge in [0.25, 0.3) is 10.2 Å². The van der Waals surface area contributed by atoms with Crippen molar-refractivity contribution in [3.05, 3.63) is 105 Å². The summed E-state index contributed by atoms with van der Waals surface area (Å²) in [5, 5.41) is 16.3. The average molecular weight is 665 g/mol. The Morgan fingerprint density at radius 2 is 2.00 bits per heavy atom. The van der Waals surface area contributed by atoms with Crippen LogP contribution in [0.1, 0.15) is 47.0 Å². The fourth-order valence-corrected chi connectivity index (χ4v) is 7.39. The van der Waals surface area contributed by atoms with Crippen molar-refractivity contribution in [1.82, 2.24) is 34.1 Å². The highest BCUT2D eigenvalue weighted by molar-refractivity contribution is 7.87. The van der Waals surface area contributed by atoms with Gasteiger partial charge in [0.15, 0.2) is 10.8 Å². The molecule has 4 aromatic rings. The molecule has 2 aliphatic rings. The number of fused-ring (bicyclic) bond motifs is 1. The van der Waals surface area contributed by atoms with Crippen LogP contribution < -0.4 is 9.44 Å². The highest BCUT2D eigenvalue weighted by atomic mass is 35.5. The van der Waals surface area contributed by atoms with E-state index in [1.165, 1.54) is 35.7 Å². The van der Waals surface area contributed by atoms with Crippen molar-refractivity contribution in [2.45, 2.75) is 31.1 Å². The number of pyridine rings is 1. The van der Waals surface area contributed by atoms with Gasteiger partial charge >= 0.3 is 6.55 Å². The Kier molecular flexibility index (Phi) is 8.54. The Hall–Kier alpha value is -3.67. The van der Waals surface area contributed by atoms with Gasteiger partial charge in [0.05, 0.1) is 24.0 Å². The number of thiazole rings is 1. The van der Waals surface area contributed by atoms with Crippen LogP contribution in [-0.4, -0.2) is 63.2 Å². The molecule has 44 heavy (non-hydrogen) atoms. The molecule has 0 amide bonds. The number of aliphatic hydroxyl groups is 1. The number of aromatic nitrogens is 4. The number of rotatable bonds is 10. The molecular weight excluding hydrogens is 641 g/mol. The van der Waals surface area contributed by atoms with Crippen molar-refractivity contribution in [1.29, 1.82) is 0 Å². The second-order valence-corrected chi connectivity index (χ2v) is 12.7. The van der Waals surface area contributed by atoms with E-state index in [-0.39, 0.29) is 23.7 Å². The molecule has 0 radical (unpaired) electrons. The molecule has 0 aliphatic carbocycles. The minimum absolute atomic E-state index is 0.0705. The SMILES string of the molecule is O=S(=O)(NC(CO)c1ccccn1)N[C@H]1CC2=C(c3ccn(C(F)F)n3)[C@H](c3ccc(F)cc3Cl)N=C(c3nccs3)N2C1. The summed E-state index contributed by atoms with van der Waals surface area (Å²) in [6, 6.07) is 7.57. The first-order valence-electron chi connectivity index (χ1n) is 13.2. The number of hydrogen-bond donors (Lipinski definition) is 3. The summed E-state index contributed by atoms with van der Waals surface area (Å²) in [7, 11) is -4.19. The summed E-state index contributed by atoms with van der Waals surface area (Å²) in [4.78, 5) is 15.2. The van der Waals surface area contributed by atoms with Crippen LogP contribution >= 0.6 is 22.9 Å². The number of amidine groups is 1. The van der Waals surface area contributed by atoms with Crippen molar-refractivity contribution in [3.8, 4) is 0 Å². The van der Waals surface area contributed by atoms with Gasteiger partial charge in [-0.1, -0.05) is 23.7 Å². The molecule has 17 heteroatoms. The number of aliphatic hydroxyl groups excluding tert-OH is 1. The molecule has 3 atom stereocenters. The largest absolute Gasteiger partial charge is 0.394 e. The van der Waals surface area contributed by atoms with Crippen molar-refractivity contribution >= 4 is 44.6 Å². The summed E-state index contributed by atoms with van der Waals surface area (Å²) in [6.07, 6.45) is 4.33. The summed E-state index contributed by atoms with van der Waals surface area (Å²) in [6.45, 7) is -3.31. The van der Waals surface area contributed by atoms with Gasteiger partial charge in [-0.2, -0.15) is 31.7 Å². The maximum absolute atomic E-state index is 14.0. The number of halogens is 4. The van der Waals surface area contributed by atoms with E-state index >= 15 is 0 Å². The molecule has 0 saturated carbocycles. The van der Waals surface area contributed by atoms with Crippen LogP contribution in [0.15, 0.2) is 77.1 Å². The summed E-state index contributed by atoms with van der Waals surface area (Å²) < 4.78 is 73.2. The number of alkyl halides is 2. The molecule has 2 aliphatic heterocycles. The number of nitrogens with zero attached hydrogens (tertiary/aromatic N) is 6. The molecule has 1 unspecified atom stereocenters. The molecule has 3 aromatic heterocycles. The van der Waals surface area contributed by atoms with Gasteiger partial charge in [-0.05, 0) is 30.3 Å². The van der Waals surface area contributed by atoms with E-state index in [0.717, 1.165) is 12.3 Å². The van der Waals surface area contributed by atoms with Gasteiger partial charge in [0.1, 0.15) is 11.9 Å². The van der Waals surface area contributed by atoms with Crippen LogP contribution in [0.3, 0.4) is 0 Å². The Bertz CT molecular complexity index is 1820. The predicted octanol–water partition coefficient (Wildman–Crippen LogP) is 4.07. The highest BCUT2D eigenvalue weighted by Crippen LogP contribution is 2.46. The smallest absolute Gasteiger partial charge is 0.333 e. The third-order valence-electron chi connectivity index (χ3n) is 7.07. The Balaban J connectivity index is 1.41. The third-order valence-corrected chi connectivity index (χ3v) is 9.41. The summed E-state index contributed by atoms with van der Waals surface area (Å²) >= 11 is 7.79. The number of benzene rings is 1. The van der Waals surface area contributed by atoms with Crippen molar-refractivity contribution in [2.24, 2.45) is 4.99 Å². The van der Waals surface area contributed by atoms with E-state index in [9.17, 15) is 26.7 Å². The third kappa shape index (κ3) is 6.13. The molecule has 230 valence electrons. The second kappa shape index (κ2) is 12.4. The molecule has 5 heterocycles. The monoisotopic (exact) mass is 664 g/mol. The lowest BCUT2D eigenvalue weighted by molar-refractivity contribution is 0.0564. The topological polar surface area (TPSA) is 138 Å². The van der Waals surface area contributed by atoms with Gasteiger partial charge in [-0.15, -0.1) is 11.3 Å². The molecule has 0 bridgehead atoms. The van der Waals surface area contributed by atoms with E-state index in [1.807, 2.05) is 0 Å². The molecule has 1 fully saturated rings. The maximum atomic E-state index is 14.0. The first-order valence-corrected chi connectivity index (χ1v) is 16.0. The average Bonchev–Trinajstić information content (AvgIpc) is 3.77. The lowest BCUT2D eigenvalue weighted by Gasteiger charge is -2.32. The molecular formula is C27H24ClF3N8O3S2. The number of aliphatic imine (C=N–C) groups is 1. The van der Waals surface area contributed by atoms with Crippen LogP contribution in [0, 0.1) is 5.82 Å². The summed E-state index contributed by atoms with van der Waals surface area (Å²) in [5.74, 6) is -0.153. The van der Waals surface area contributed by atoms with Gasteiger partial charge in [-0.3, -0.25) is 9.98 Å². The number of hydrogen-bond acceptors (Lipinski definition) is 9. The Labute approximate surface area is 258 Å². The molecule has 11 nitrogen and oxygen atoms in total. The van der Waals surface area contributed by atoms with Gasteiger partial charge < -0.3 is 10.0 Å². The first kappa shape index (κ1) is 30.4. The van der Waals surface area contributed by atoms with E-state index < -0.39 is 47.3 Å². The molecule has 3 N–H and O–H groups in total. The lowest BCUT2D eigenvalue weighted by atomic mass is 9.92. The van der Waals surface area contributed by atoms with E-state index in [4.69, 9.17) is 16.6 Å². The second-order valence-electron chi connectivity index (χ2n) is 9.92. The van der Waals surface area contributed by atoms with Crippen LogP contribution in [0.4, 0.5) is 13.2 Å². The lowest BCUT2D eigenvalue weighted by Crippen LogP contribution is -2.46. The predicted molar refractivity (Wildman–Crippen MR) is 158 cm³/mol. The van der Waals surface area contributed by atoms with Crippen LogP contribution in [0.5, 0.6) is 0 Å². The number of nitrogens with one attached hydrogen (secondary N) is 2. The Morgan fingerprint density at radius 3 is 2.66 bits per heavy atom. The molecule has 1 saturated heterocycles. The molecule has 0 spiro atoms. The van der Waals surface area contributed by atoms with Crippen molar-refractivity contribution < 1.29 is 26.7 Å². The van der Waals surface area contributed by atoms with Gasteiger partial charge in [0.2, 0.25) is 0 Å². The minimum Gasteiger partial charge on any atom is -0.394 e. The fourth-order valence-electron chi connectivity index (χ4n) is 5.25. The minimum atomic E-state index is -4.19. The quantitative estimate of drug-likeness (QED) is 0.233. The van der Waals surface area contributed by atoms with Crippen LogP contribution in [0.25, 0.3) is 5.57 Å². The zero-order chi connectivity index (χ0) is 31.0.